The van der Waals surface area contributed by atoms with Crippen molar-refractivity contribution in [2.24, 2.45) is 0 Å². The monoisotopic (exact) mass is 368 g/mol. The first-order valence-electron chi connectivity index (χ1n) is 4.19. The highest BCUT2D eigenvalue weighted by molar-refractivity contribution is 14.1. The number of ether oxygens (including phenoxy) is 1. The van der Waals surface area contributed by atoms with Gasteiger partial charge in [-0.25, -0.2) is 4.79 Å². The molecule has 1 rings (SSSR count). The van der Waals surface area contributed by atoms with Crippen LogP contribution in [0.2, 0.25) is 0 Å². The molecule has 0 saturated heterocycles. The van der Waals surface area contributed by atoms with E-state index >= 15 is 0 Å². The van der Waals surface area contributed by atoms with Crippen LogP contribution in [0.5, 0.6) is 0 Å². The molecule has 2 nitrogen and oxygen atoms in total. The molecule has 0 spiro atoms. The Morgan fingerprint density at radius 3 is 2.79 bits per heavy atom. The van der Waals surface area contributed by atoms with Crippen molar-refractivity contribution < 1.29 is 9.53 Å². The van der Waals surface area contributed by atoms with Crippen molar-refractivity contribution in [2.45, 2.75) is 13.8 Å². The maximum atomic E-state index is 11.5. The van der Waals surface area contributed by atoms with Crippen LogP contribution in [0.3, 0.4) is 0 Å². The third-order valence-corrected chi connectivity index (χ3v) is 3.60. The summed E-state index contributed by atoms with van der Waals surface area (Å²) in [6, 6.07) is 3.76. The first-order chi connectivity index (χ1) is 6.56. The molecule has 0 saturated carbocycles. The quantitative estimate of drug-likeness (QED) is 0.589. The van der Waals surface area contributed by atoms with Crippen LogP contribution in [0.25, 0.3) is 0 Å². The maximum Gasteiger partial charge on any atom is 0.339 e. The first kappa shape index (κ1) is 12.0. The molecule has 0 atom stereocenters. The molecular weight excluding hydrogens is 359 g/mol. The van der Waals surface area contributed by atoms with Crippen molar-refractivity contribution in [3.8, 4) is 0 Å². The number of carbonyl (C=O) groups is 1. The molecule has 0 aromatic heterocycles. The Morgan fingerprint density at radius 2 is 2.21 bits per heavy atom. The molecule has 0 aliphatic heterocycles. The van der Waals surface area contributed by atoms with Crippen LogP contribution in [0, 0.1) is 10.5 Å². The highest BCUT2D eigenvalue weighted by Crippen LogP contribution is 2.23. The maximum absolute atomic E-state index is 11.5. The molecule has 0 aliphatic carbocycles. The highest BCUT2D eigenvalue weighted by atomic mass is 127. The number of benzene rings is 1. The van der Waals surface area contributed by atoms with Gasteiger partial charge in [0.1, 0.15) is 0 Å². The molecule has 0 aliphatic rings. The number of hydrogen-bond donors (Lipinski definition) is 0. The van der Waals surface area contributed by atoms with Crippen LogP contribution in [0.1, 0.15) is 22.8 Å². The van der Waals surface area contributed by atoms with Crippen LogP contribution in [-0.2, 0) is 4.74 Å². The fraction of sp³-hybridized carbons (Fsp3) is 0.300. The van der Waals surface area contributed by atoms with Gasteiger partial charge < -0.3 is 4.74 Å². The van der Waals surface area contributed by atoms with E-state index < -0.39 is 0 Å². The van der Waals surface area contributed by atoms with Gasteiger partial charge in [-0.2, -0.15) is 0 Å². The van der Waals surface area contributed by atoms with Crippen molar-refractivity contribution in [1.82, 2.24) is 0 Å². The normalized spacial score (nSPS) is 10.0. The van der Waals surface area contributed by atoms with E-state index in [1.165, 1.54) is 0 Å². The van der Waals surface area contributed by atoms with E-state index in [0.717, 1.165) is 13.6 Å². The van der Waals surface area contributed by atoms with E-state index in [4.69, 9.17) is 4.74 Å². The third kappa shape index (κ3) is 2.70. The van der Waals surface area contributed by atoms with Gasteiger partial charge in [0.25, 0.3) is 0 Å². The molecule has 0 fully saturated rings. The lowest BCUT2D eigenvalue weighted by Gasteiger charge is -2.07. The zero-order chi connectivity index (χ0) is 10.7. The van der Waals surface area contributed by atoms with Crippen LogP contribution >= 0.6 is 38.5 Å². The van der Waals surface area contributed by atoms with E-state index in [0.29, 0.717) is 12.2 Å². The van der Waals surface area contributed by atoms with Crippen molar-refractivity contribution in [2.75, 3.05) is 6.61 Å². The summed E-state index contributed by atoms with van der Waals surface area (Å²) >= 11 is 5.51. The fourth-order valence-electron chi connectivity index (χ4n) is 1.08. The number of hydrogen-bond acceptors (Lipinski definition) is 2. The molecule has 1 aromatic carbocycles. The van der Waals surface area contributed by atoms with Crippen LogP contribution in [0.4, 0.5) is 0 Å². The summed E-state index contributed by atoms with van der Waals surface area (Å²) in [5.41, 5.74) is 1.70. The molecule has 0 amide bonds. The van der Waals surface area contributed by atoms with Gasteiger partial charge in [0.15, 0.2) is 0 Å². The van der Waals surface area contributed by atoms with E-state index in [1.807, 2.05) is 13.0 Å². The first-order valence-corrected chi connectivity index (χ1v) is 6.06. The number of rotatable bonds is 2. The van der Waals surface area contributed by atoms with Crippen LogP contribution in [-0.4, -0.2) is 12.6 Å². The smallest absolute Gasteiger partial charge is 0.339 e. The van der Waals surface area contributed by atoms with Crippen LogP contribution in [0.15, 0.2) is 16.6 Å². The molecule has 4 heteroatoms. The van der Waals surface area contributed by atoms with Gasteiger partial charge in [-0.15, -0.1) is 0 Å². The second kappa shape index (κ2) is 5.11. The van der Waals surface area contributed by atoms with Gasteiger partial charge in [0.2, 0.25) is 0 Å². The molecule has 14 heavy (non-hydrogen) atoms. The lowest BCUT2D eigenvalue weighted by atomic mass is 10.1. The average molecular weight is 369 g/mol. The van der Waals surface area contributed by atoms with Crippen molar-refractivity contribution in [3.05, 3.63) is 31.3 Å². The van der Waals surface area contributed by atoms with Crippen molar-refractivity contribution in [3.63, 3.8) is 0 Å². The fourth-order valence-corrected chi connectivity index (χ4v) is 2.19. The zero-order valence-corrected chi connectivity index (χ0v) is 11.7. The van der Waals surface area contributed by atoms with Crippen LogP contribution < -0.4 is 0 Å². The minimum atomic E-state index is -0.263. The van der Waals surface area contributed by atoms with E-state index in [-0.39, 0.29) is 5.97 Å². The Bertz CT molecular complexity index is 363. The summed E-state index contributed by atoms with van der Waals surface area (Å²) in [7, 11) is 0. The number of carbonyl (C=O) groups excluding carboxylic acids is 1. The molecule has 0 heterocycles. The van der Waals surface area contributed by atoms with Gasteiger partial charge >= 0.3 is 5.97 Å². The molecule has 76 valence electrons. The molecule has 0 radical (unpaired) electrons. The van der Waals surface area contributed by atoms with Gasteiger partial charge in [-0.3, -0.25) is 0 Å². The largest absolute Gasteiger partial charge is 0.462 e. The van der Waals surface area contributed by atoms with Gasteiger partial charge in [-0.1, -0.05) is 15.9 Å². The number of esters is 1. The Kier molecular flexibility index (Phi) is 4.37. The summed E-state index contributed by atoms with van der Waals surface area (Å²) in [6.07, 6.45) is 0. The second-order valence-electron chi connectivity index (χ2n) is 2.80. The summed E-state index contributed by atoms with van der Waals surface area (Å²) in [4.78, 5) is 11.5. The second-order valence-corrected chi connectivity index (χ2v) is 4.80. The molecule has 0 bridgehead atoms. The molecular formula is C10H10BrIO2. The highest BCUT2D eigenvalue weighted by Gasteiger charge is 2.13. The number of halogens is 2. The summed E-state index contributed by atoms with van der Waals surface area (Å²) in [5, 5.41) is 0. The summed E-state index contributed by atoms with van der Waals surface area (Å²) in [5.74, 6) is -0.263. The standard InChI is InChI=1S/C10H10BrIO2/c1-3-14-10(13)8-5-7(11)4-6(2)9(8)12/h4-5H,3H2,1-2H3. The van der Waals surface area contributed by atoms with E-state index in [2.05, 4.69) is 38.5 Å². The lowest BCUT2D eigenvalue weighted by Crippen LogP contribution is -2.07. The lowest BCUT2D eigenvalue weighted by molar-refractivity contribution is 0.0525. The molecule has 1 aromatic rings. The minimum absolute atomic E-state index is 0.263. The van der Waals surface area contributed by atoms with Crippen molar-refractivity contribution in [1.29, 1.82) is 0 Å². The van der Waals surface area contributed by atoms with Gasteiger partial charge in [0.05, 0.1) is 12.2 Å². The average Bonchev–Trinajstić information content (AvgIpc) is 2.11. The topological polar surface area (TPSA) is 26.3 Å². The van der Waals surface area contributed by atoms with E-state index in [1.54, 1.807) is 13.0 Å². The Balaban J connectivity index is 3.13. The number of aryl methyl sites for hydroxylation is 1. The SMILES string of the molecule is CCOC(=O)c1cc(Br)cc(C)c1I. The molecule has 0 N–H and O–H groups in total. The van der Waals surface area contributed by atoms with Gasteiger partial charge in [-0.05, 0) is 54.1 Å². The Morgan fingerprint density at radius 1 is 1.57 bits per heavy atom. The minimum Gasteiger partial charge on any atom is -0.462 e. The summed E-state index contributed by atoms with van der Waals surface area (Å²) in [6.45, 7) is 4.17. The Hall–Kier alpha value is -0.100. The predicted molar refractivity (Wildman–Crippen MR) is 67.6 cm³/mol. The summed E-state index contributed by atoms with van der Waals surface area (Å²) < 4.78 is 6.80. The third-order valence-electron chi connectivity index (χ3n) is 1.71. The zero-order valence-electron chi connectivity index (χ0n) is 7.93. The van der Waals surface area contributed by atoms with Crippen molar-refractivity contribution >= 4 is 44.5 Å². The molecule has 0 unspecified atom stereocenters. The predicted octanol–water partition coefficient (Wildman–Crippen LogP) is 3.54. The van der Waals surface area contributed by atoms with Gasteiger partial charge in [0, 0.05) is 8.04 Å². The Labute approximate surface area is 105 Å². The van der Waals surface area contributed by atoms with E-state index in [9.17, 15) is 4.79 Å².